The first-order chi connectivity index (χ1) is 10.1. The smallest absolute Gasteiger partial charge is 0.0764 e. The highest BCUT2D eigenvalue weighted by atomic mass is 15.3. The lowest BCUT2D eigenvalue weighted by molar-refractivity contribution is 0.312. The Kier molecular flexibility index (Phi) is 5.53. The zero-order valence-electron chi connectivity index (χ0n) is 13.3. The van der Waals surface area contributed by atoms with Gasteiger partial charge >= 0.3 is 0 Å². The van der Waals surface area contributed by atoms with Gasteiger partial charge in [-0.05, 0) is 37.6 Å². The van der Waals surface area contributed by atoms with E-state index in [1.807, 2.05) is 0 Å². The van der Waals surface area contributed by atoms with Crippen molar-refractivity contribution >= 4 is 0 Å². The molecule has 0 saturated carbocycles. The summed E-state index contributed by atoms with van der Waals surface area (Å²) in [5.74, 6) is 0. The van der Waals surface area contributed by atoms with Crippen LogP contribution in [0, 0.1) is 0 Å². The number of hydrogen-bond donors (Lipinski definition) is 1. The fourth-order valence-electron chi connectivity index (χ4n) is 2.39. The first kappa shape index (κ1) is 15.7. The number of benzene rings is 1. The molecule has 1 atom stereocenters. The highest BCUT2D eigenvalue weighted by Gasteiger charge is 2.07. The maximum Gasteiger partial charge on any atom is 0.0764 e. The van der Waals surface area contributed by atoms with E-state index in [-0.39, 0.29) is 0 Å². The maximum atomic E-state index is 5.69. The monoisotopic (exact) mass is 286 g/mol. The van der Waals surface area contributed by atoms with Crippen LogP contribution in [0.1, 0.15) is 43.1 Å². The lowest BCUT2D eigenvalue weighted by Gasteiger charge is -2.16. The van der Waals surface area contributed by atoms with E-state index < -0.39 is 0 Å². The highest BCUT2D eigenvalue weighted by Crippen LogP contribution is 2.12. The zero-order valence-corrected chi connectivity index (χ0v) is 13.3. The quantitative estimate of drug-likeness (QED) is 0.851. The molecule has 0 fully saturated rings. The number of nitrogens with zero attached hydrogens (tertiary/aromatic N) is 3. The molecule has 0 saturated heterocycles. The molecule has 4 nitrogen and oxygen atoms in total. The molecule has 0 amide bonds. The van der Waals surface area contributed by atoms with Gasteiger partial charge in [0, 0.05) is 31.9 Å². The molecule has 1 aromatic carbocycles. The fourth-order valence-corrected chi connectivity index (χ4v) is 2.39. The van der Waals surface area contributed by atoms with Crippen molar-refractivity contribution in [3.8, 4) is 0 Å². The van der Waals surface area contributed by atoms with Crippen molar-refractivity contribution in [3.63, 3.8) is 0 Å². The Morgan fingerprint density at radius 1 is 1.24 bits per heavy atom. The summed E-state index contributed by atoms with van der Waals surface area (Å²) < 4.78 is 2.05. The summed E-state index contributed by atoms with van der Waals surface area (Å²) >= 11 is 0. The zero-order chi connectivity index (χ0) is 15.2. The van der Waals surface area contributed by atoms with Gasteiger partial charge in [-0.3, -0.25) is 9.58 Å². The van der Waals surface area contributed by atoms with Crippen molar-refractivity contribution in [2.45, 2.75) is 45.9 Å². The van der Waals surface area contributed by atoms with Crippen molar-refractivity contribution in [2.24, 2.45) is 5.73 Å². The Balaban J connectivity index is 1.94. The van der Waals surface area contributed by atoms with Gasteiger partial charge in [-0.1, -0.05) is 31.2 Å². The summed E-state index contributed by atoms with van der Waals surface area (Å²) in [6.07, 6.45) is 3.18. The molecule has 0 bridgehead atoms. The molecule has 1 aromatic heterocycles. The molecule has 1 heterocycles. The SMILES string of the molecule is CCC(C)n1ccc(CN(C)Cc2cccc(CN)c2)n1. The van der Waals surface area contributed by atoms with Gasteiger partial charge in [-0.25, -0.2) is 0 Å². The van der Waals surface area contributed by atoms with Crippen LogP contribution in [0.25, 0.3) is 0 Å². The van der Waals surface area contributed by atoms with Gasteiger partial charge in [0.15, 0.2) is 0 Å². The molecule has 114 valence electrons. The van der Waals surface area contributed by atoms with Crippen molar-refractivity contribution in [1.29, 1.82) is 0 Å². The molecule has 0 aliphatic carbocycles. The topological polar surface area (TPSA) is 47.1 Å². The van der Waals surface area contributed by atoms with Gasteiger partial charge < -0.3 is 5.73 Å². The number of hydrogen-bond acceptors (Lipinski definition) is 3. The lowest BCUT2D eigenvalue weighted by Crippen LogP contribution is -2.18. The van der Waals surface area contributed by atoms with Crippen molar-refractivity contribution in [3.05, 3.63) is 53.3 Å². The Bertz CT molecular complexity index is 561. The summed E-state index contributed by atoms with van der Waals surface area (Å²) in [5, 5.41) is 4.65. The molecule has 2 N–H and O–H groups in total. The van der Waals surface area contributed by atoms with Gasteiger partial charge in [0.1, 0.15) is 0 Å². The summed E-state index contributed by atoms with van der Waals surface area (Å²) in [6, 6.07) is 11.0. The van der Waals surface area contributed by atoms with Crippen LogP contribution < -0.4 is 5.73 Å². The van der Waals surface area contributed by atoms with Gasteiger partial charge in [0.25, 0.3) is 0 Å². The molecular formula is C17H26N4. The molecular weight excluding hydrogens is 260 g/mol. The Hall–Kier alpha value is -1.65. The maximum absolute atomic E-state index is 5.69. The van der Waals surface area contributed by atoms with E-state index in [9.17, 15) is 0 Å². The molecule has 0 aliphatic rings. The number of nitrogens with two attached hydrogens (primary N) is 1. The predicted octanol–water partition coefficient (Wildman–Crippen LogP) is 2.94. The Labute approximate surface area is 127 Å². The minimum Gasteiger partial charge on any atom is -0.326 e. The third-order valence-corrected chi connectivity index (χ3v) is 3.82. The van der Waals surface area contributed by atoms with Crippen LogP contribution in [-0.4, -0.2) is 21.7 Å². The summed E-state index contributed by atoms with van der Waals surface area (Å²) in [7, 11) is 2.12. The largest absolute Gasteiger partial charge is 0.326 e. The molecule has 0 radical (unpaired) electrons. The lowest BCUT2D eigenvalue weighted by atomic mass is 10.1. The van der Waals surface area contributed by atoms with E-state index in [0.717, 1.165) is 25.2 Å². The van der Waals surface area contributed by atoms with Crippen LogP contribution in [0.15, 0.2) is 36.5 Å². The van der Waals surface area contributed by atoms with Crippen LogP contribution in [0.5, 0.6) is 0 Å². The summed E-state index contributed by atoms with van der Waals surface area (Å²) in [5.41, 5.74) is 9.28. The molecule has 0 spiro atoms. The van der Waals surface area contributed by atoms with Crippen molar-refractivity contribution in [1.82, 2.24) is 14.7 Å². The molecule has 21 heavy (non-hydrogen) atoms. The van der Waals surface area contributed by atoms with Crippen molar-refractivity contribution in [2.75, 3.05) is 7.05 Å². The first-order valence-electron chi connectivity index (χ1n) is 7.62. The molecule has 4 heteroatoms. The van der Waals surface area contributed by atoms with E-state index in [1.165, 1.54) is 11.1 Å². The number of aromatic nitrogens is 2. The second-order valence-electron chi connectivity index (χ2n) is 5.74. The van der Waals surface area contributed by atoms with Gasteiger partial charge in [0.2, 0.25) is 0 Å². The van der Waals surface area contributed by atoms with Gasteiger partial charge in [-0.15, -0.1) is 0 Å². The van der Waals surface area contributed by atoms with E-state index in [2.05, 4.69) is 72.1 Å². The van der Waals surface area contributed by atoms with E-state index in [4.69, 9.17) is 5.73 Å². The minimum absolute atomic E-state index is 0.463. The van der Waals surface area contributed by atoms with E-state index in [0.29, 0.717) is 12.6 Å². The third kappa shape index (κ3) is 4.41. The van der Waals surface area contributed by atoms with Crippen LogP contribution in [0.3, 0.4) is 0 Å². The average molecular weight is 286 g/mol. The summed E-state index contributed by atoms with van der Waals surface area (Å²) in [4.78, 5) is 2.28. The van der Waals surface area contributed by atoms with Crippen LogP contribution >= 0.6 is 0 Å². The highest BCUT2D eigenvalue weighted by molar-refractivity contribution is 5.23. The Morgan fingerprint density at radius 2 is 2.00 bits per heavy atom. The van der Waals surface area contributed by atoms with Gasteiger partial charge in [0.05, 0.1) is 5.69 Å². The summed E-state index contributed by atoms with van der Waals surface area (Å²) in [6.45, 7) is 6.73. The second kappa shape index (κ2) is 7.38. The van der Waals surface area contributed by atoms with E-state index >= 15 is 0 Å². The standard InChI is InChI=1S/C17H26N4/c1-4-14(2)21-9-8-17(19-21)13-20(3)12-16-7-5-6-15(10-16)11-18/h5-10,14H,4,11-13,18H2,1-3H3. The average Bonchev–Trinajstić information content (AvgIpc) is 2.94. The molecule has 2 rings (SSSR count). The number of rotatable bonds is 7. The van der Waals surface area contributed by atoms with Crippen LogP contribution in [-0.2, 0) is 19.6 Å². The third-order valence-electron chi connectivity index (χ3n) is 3.82. The molecule has 2 aromatic rings. The normalized spacial score (nSPS) is 12.8. The van der Waals surface area contributed by atoms with E-state index in [1.54, 1.807) is 0 Å². The molecule has 0 aliphatic heterocycles. The second-order valence-corrected chi connectivity index (χ2v) is 5.74. The first-order valence-corrected chi connectivity index (χ1v) is 7.62. The Morgan fingerprint density at radius 3 is 2.71 bits per heavy atom. The van der Waals surface area contributed by atoms with Crippen LogP contribution in [0.2, 0.25) is 0 Å². The van der Waals surface area contributed by atoms with Gasteiger partial charge in [-0.2, -0.15) is 5.10 Å². The fraction of sp³-hybridized carbons (Fsp3) is 0.471. The molecule has 1 unspecified atom stereocenters. The predicted molar refractivity (Wildman–Crippen MR) is 86.7 cm³/mol. The van der Waals surface area contributed by atoms with Crippen molar-refractivity contribution < 1.29 is 0 Å². The van der Waals surface area contributed by atoms with Crippen LogP contribution in [0.4, 0.5) is 0 Å². The minimum atomic E-state index is 0.463.